The van der Waals surface area contributed by atoms with E-state index in [0.717, 1.165) is 44.6 Å². The van der Waals surface area contributed by atoms with Crippen molar-refractivity contribution in [3.05, 3.63) is 194 Å². The van der Waals surface area contributed by atoms with Crippen LogP contribution in [0.4, 0.5) is 0 Å². The molecule has 5 heteroatoms. The predicted molar refractivity (Wildman–Crippen MR) is 252 cm³/mol. The van der Waals surface area contributed by atoms with Crippen LogP contribution in [0.5, 0.6) is 0 Å². The molecular weight excluding hydrogens is 745 g/mol. The van der Waals surface area contributed by atoms with E-state index in [1.807, 2.05) is 24.3 Å². The fraction of sp³-hybridized carbons (Fsp3) is 0. The van der Waals surface area contributed by atoms with Crippen molar-refractivity contribution in [2.24, 2.45) is 0 Å². The molecule has 9 aromatic carbocycles. The maximum atomic E-state index is 6.48. The van der Waals surface area contributed by atoms with Crippen LogP contribution in [0.1, 0.15) is 0 Å². The van der Waals surface area contributed by atoms with Crippen molar-refractivity contribution < 1.29 is 4.42 Å². The minimum Gasteiger partial charge on any atom is -0.452 e. The molecule has 0 saturated heterocycles. The van der Waals surface area contributed by atoms with E-state index in [1.165, 1.54) is 76.2 Å². The first-order valence-corrected chi connectivity index (χ1v) is 20.7. The molecule has 0 saturated carbocycles. The molecule has 0 fully saturated rings. The molecule has 0 bridgehead atoms. The van der Waals surface area contributed by atoms with Crippen LogP contribution in [0.3, 0.4) is 0 Å². The molecule has 0 unspecified atom stereocenters. The first kappa shape index (κ1) is 32.7. The van der Waals surface area contributed by atoms with Gasteiger partial charge in [-0.05, 0) is 88.6 Å². The average Bonchev–Trinajstić information content (AvgIpc) is 4.06. The molecule has 5 heterocycles. The summed E-state index contributed by atoms with van der Waals surface area (Å²) in [5.74, 6) is 0.654. The van der Waals surface area contributed by atoms with E-state index in [-0.39, 0.29) is 0 Å². The molecular formula is C56H32N4O. The Bertz CT molecular complexity index is 4080. The number of rotatable bonds is 4. The summed E-state index contributed by atoms with van der Waals surface area (Å²) >= 11 is 0. The van der Waals surface area contributed by atoms with Crippen LogP contribution in [0.2, 0.25) is 0 Å². The molecule has 5 aromatic heterocycles. The first-order chi connectivity index (χ1) is 30.2. The molecule has 0 N–H and O–H groups in total. The fourth-order valence-electron chi connectivity index (χ4n) is 10.1. The summed E-state index contributed by atoms with van der Waals surface area (Å²) in [5.41, 5.74) is 14.5. The minimum atomic E-state index is 0.654. The van der Waals surface area contributed by atoms with E-state index in [9.17, 15) is 0 Å². The highest BCUT2D eigenvalue weighted by molar-refractivity contribution is 6.36. The number of nitrogens with zero attached hydrogens (tertiary/aromatic N) is 4. The van der Waals surface area contributed by atoms with E-state index in [4.69, 9.17) is 14.4 Å². The SMILES string of the molecule is c1ccc(-c2ccc(-c3nc(-c4ccc(-n5c6ccccc6c6c7c8ccccc8n8c9cc%10ccccc%10cc9c(cc65)c78)cc4)nc4c3oc3ccccc34)cc2)cc1. The number of aromatic nitrogens is 4. The summed E-state index contributed by atoms with van der Waals surface area (Å²) < 4.78 is 11.4. The summed E-state index contributed by atoms with van der Waals surface area (Å²) in [4.78, 5) is 10.4. The van der Waals surface area contributed by atoms with Gasteiger partial charge in [-0.15, -0.1) is 0 Å². The Kier molecular flexibility index (Phi) is 6.49. The van der Waals surface area contributed by atoms with Crippen molar-refractivity contribution in [3.63, 3.8) is 0 Å². The number of hydrogen-bond acceptors (Lipinski definition) is 3. The van der Waals surface area contributed by atoms with E-state index >= 15 is 0 Å². The molecule has 282 valence electrons. The highest BCUT2D eigenvalue weighted by atomic mass is 16.3. The topological polar surface area (TPSA) is 48.3 Å². The van der Waals surface area contributed by atoms with Gasteiger partial charge < -0.3 is 13.4 Å². The van der Waals surface area contributed by atoms with Gasteiger partial charge in [0, 0.05) is 54.5 Å². The third-order valence-electron chi connectivity index (χ3n) is 12.8. The van der Waals surface area contributed by atoms with Crippen LogP contribution >= 0.6 is 0 Å². The zero-order valence-electron chi connectivity index (χ0n) is 32.7. The van der Waals surface area contributed by atoms with Crippen molar-refractivity contribution >= 4 is 92.7 Å². The van der Waals surface area contributed by atoms with Gasteiger partial charge in [0.1, 0.15) is 16.8 Å². The van der Waals surface area contributed by atoms with E-state index in [2.05, 4.69) is 179 Å². The molecule has 5 nitrogen and oxygen atoms in total. The fourth-order valence-corrected chi connectivity index (χ4v) is 10.1. The van der Waals surface area contributed by atoms with Gasteiger partial charge >= 0.3 is 0 Å². The largest absolute Gasteiger partial charge is 0.452 e. The van der Waals surface area contributed by atoms with Crippen LogP contribution < -0.4 is 0 Å². The Morgan fingerprint density at radius 2 is 1.02 bits per heavy atom. The van der Waals surface area contributed by atoms with Gasteiger partial charge in [0.15, 0.2) is 11.4 Å². The van der Waals surface area contributed by atoms with Gasteiger partial charge in [-0.1, -0.05) is 127 Å². The molecule has 0 spiro atoms. The van der Waals surface area contributed by atoms with Crippen LogP contribution in [0.15, 0.2) is 199 Å². The zero-order chi connectivity index (χ0) is 39.8. The molecule has 0 aliphatic carbocycles. The molecule has 61 heavy (non-hydrogen) atoms. The molecule has 0 aliphatic heterocycles. The highest BCUT2D eigenvalue weighted by Gasteiger charge is 2.25. The zero-order valence-corrected chi connectivity index (χ0v) is 32.7. The third kappa shape index (κ3) is 4.55. The van der Waals surface area contributed by atoms with Gasteiger partial charge in [-0.25, -0.2) is 9.97 Å². The van der Waals surface area contributed by atoms with Gasteiger partial charge in [-0.3, -0.25) is 0 Å². The maximum Gasteiger partial charge on any atom is 0.180 e. The van der Waals surface area contributed by atoms with E-state index in [1.54, 1.807) is 0 Å². The standard InChI is InChI=1S/C56H32N4O/c1-2-12-33(13-3-1)34-22-24-35(25-23-34)52-55-53(42-18-8-11-21-49(42)61-55)58-56(57-52)36-26-28-39(29-27-36)59-45-19-9-6-16-40(45)50-48(59)32-44-43-30-37-14-4-5-15-38(37)31-47(43)60-46-20-10-7-17-41(46)51(50)54(44)60/h1-32H. The summed E-state index contributed by atoms with van der Waals surface area (Å²) in [6.45, 7) is 0. The minimum absolute atomic E-state index is 0.654. The van der Waals surface area contributed by atoms with Crippen LogP contribution in [-0.2, 0) is 0 Å². The van der Waals surface area contributed by atoms with Gasteiger partial charge in [0.05, 0.1) is 27.6 Å². The lowest BCUT2D eigenvalue weighted by molar-refractivity contribution is 0.667. The van der Waals surface area contributed by atoms with Crippen LogP contribution in [-0.4, -0.2) is 18.9 Å². The normalized spacial score (nSPS) is 12.3. The summed E-state index contributed by atoms with van der Waals surface area (Å²) in [6.07, 6.45) is 0. The Balaban J connectivity index is 0.982. The van der Waals surface area contributed by atoms with Crippen molar-refractivity contribution in [2.45, 2.75) is 0 Å². The van der Waals surface area contributed by atoms with Crippen LogP contribution in [0.25, 0.3) is 132 Å². The van der Waals surface area contributed by atoms with Crippen molar-refractivity contribution in [1.29, 1.82) is 0 Å². The second kappa shape index (κ2) is 12.1. The van der Waals surface area contributed by atoms with E-state index in [0.29, 0.717) is 11.4 Å². The van der Waals surface area contributed by atoms with Crippen LogP contribution in [0, 0.1) is 0 Å². The van der Waals surface area contributed by atoms with Crippen molar-refractivity contribution in [1.82, 2.24) is 18.9 Å². The molecule has 0 radical (unpaired) electrons. The highest BCUT2D eigenvalue weighted by Crippen LogP contribution is 2.47. The second-order valence-electron chi connectivity index (χ2n) is 16.1. The molecule has 14 rings (SSSR count). The van der Waals surface area contributed by atoms with Gasteiger partial charge in [0.2, 0.25) is 0 Å². The smallest absolute Gasteiger partial charge is 0.180 e. The second-order valence-corrected chi connectivity index (χ2v) is 16.1. The maximum absolute atomic E-state index is 6.48. The number of furan rings is 1. The number of hydrogen-bond donors (Lipinski definition) is 0. The Morgan fingerprint density at radius 3 is 1.82 bits per heavy atom. The lowest BCUT2D eigenvalue weighted by Crippen LogP contribution is -1.96. The van der Waals surface area contributed by atoms with Gasteiger partial charge in [0.25, 0.3) is 0 Å². The lowest BCUT2D eigenvalue weighted by Gasteiger charge is -2.11. The Labute approximate surface area is 348 Å². The summed E-state index contributed by atoms with van der Waals surface area (Å²) in [5, 5.41) is 11.1. The molecule has 14 aromatic rings. The quantitative estimate of drug-likeness (QED) is 0.179. The van der Waals surface area contributed by atoms with Crippen molar-refractivity contribution in [3.8, 4) is 39.5 Å². The summed E-state index contributed by atoms with van der Waals surface area (Å²) in [7, 11) is 0. The summed E-state index contributed by atoms with van der Waals surface area (Å²) in [6, 6.07) is 69.4. The van der Waals surface area contributed by atoms with Crippen molar-refractivity contribution in [2.75, 3.05) is 0 Å². The number of benzene rings is 9. The lowest BCUT2D eigenvalue weighted by atomic mass is 10.0. The number of para-hydroxylation sites is 3. The molecule has 0 aliphatic rings. The number of fused-ring (bicyclic) bond motifs is 14. The average molecular weight is 777 g/mol. The Hall–Kier alpha value is -8.28. The third-order valence-corrected chi connectivity index (χ3v) is 12.8. The first-order valence-electron chi connectivity index (χ1n) is 20.7. The van der Waals surface area contributed by atoms with E-state index < -0.39 is 0 Å². The Morgan fingerprint density at radius 1 is 0.393 bits per heavy atom. The monoisotopic (exact) mass is 776 g/mol. The predicted octanol–water partition coefficient (Wildman–Crippen LogP) is 14.8. The molecule has 0 atom stereocenters. The molecule has 0 amide bonds. The van der Waals surface area contributed by atoms with Gasteiger partial charge in [-0.2, -0.15) is 0 Å².